The maximum Gasteiger partial charge on any atom is 0.413 e. The molecular formula is C23H25FN6O3. The lowest BCUT2D eigenvalue weighted by Crippen LogP contribution is -2.53. The van der Waals surface area contributed by atoms with Gasteiger partial charge in [-0.2, -0.15) is 0 Å². The predicted molar refractivity (Wildman–Crippen MR) is 124 cm³/mol. The summed E-state index contributed by atoms with van der Waals surface area (Å²) in [4.78, 5) is 21.9. The van der Waals surface area contributed by atoms with Crippen molar-refractivity contribution in [1.82, 2.24) is 15.3 Å². The van der Waals surface area contributed by atoms with Crippen LogP contribution in [0.15, 0.2) is 24.5 Å². The highest BCUT2D eigenvalue weighted by Gasteiger charge is 2.37. The Kier molecular flexibility index (Phi) is 5.16. The summed E-state index contributed by atoms with van der Waals surface area (Å²) in [5.74, 6) is 0.215. The van der Waals surface area contributed by atoms with Gasteiger partial charge in [-0.3, -0.25) is 4.90 Å². The molecule has 2 aliphatic rings. The number of nitrogens with zero attached hydrogens (tertiary/aromatic N) is 3. The Morgan fingerprint density at radius 2 is 2.09 bits per heavy atom. The third kappa shape index (κ3) is 3.46. The van der Waals surface area contributed by atoms with Crippen molar-refractivity contribution in [3.8, 4) is 17.0 Å². The van der Waals surface area contributed by atoms with E-state index in [1.165, 1.54) is 11.1 Å². The van der Waals surface area contributed by atoms with Gasteiger partial charge in [-0.15, -0.1) is 0 Å². The molecule has 1 aliphatic heterocycles. The molecule has 1 fully saturated rings. The third-order valence-electron chi connectivity index (χ3n) is 6.56. The fourth-order valence-corrected chi connectivity index (χ4v) is 4.58. The van der Waals surface area contributed by atoms with Crippen molar-refractivity contribution in [3.05, 3.63) is 35.9 Å². The number of fused-ring (bicyclic) bond motifs is 2. The van der Waals surface area contributed by atoms with E-state index in [1.54, 1.807) is 18.3 Å². The van der Waals surface area contributed by atoms with E-state index in [4.69, 9.17) is 10.5 Å². The molecular weight excluding hydrogens is 427 g/mol. The molecule has 3 heterocycles. The summed E-state index contributed by atoms with van der Waals surface area (Å²) < 4.78 is 20.9. The van der Waals surface area contributed by atoms with Crippen LogP contribution in [-0.2, 0) is 0 Å². The zero-order chi connectivity index (χ0) is 23.3. The first-order valence-corrected chi connectivity index (χ1v) is 10.8. The van der Waals surface area contributed by atoms with E-state index in [9.17, 15) is 9.90 Å². The maximum absolute atomic E-state index is 15.3. The lowest BCUT2D eigenvalue weighted by Gasteiger charge is -2.40. The minimum atomic E-state index is -1.07. The van der Waals surface area contributed by atoms with Gasteiger partial charge in [-0.25, -0.2) is 19.2 Å². The average Bonchev–Trinajstić information content (AvgIpc) is 2.78. The van der Waals surface area contributed by atoms with Crippen LogP contribution < -0.4 is 26.0 Å². The largest absolute Gasteiger partial charge is 0.474 e. The topological polar surface area (TPSA) is 126 Å². The van der Waals surface area contributed by atoms with Crippen LogP contribution in [0.2, 0.25) is 0 Å². The highest BCUT2D eigenvalue weighted by molar-refractivity contribution is 5.99. The van der Waals surface area contributed by atoms with Crippen LogP contribution >= 0.6 is 0 Å². The Morgan fingerprint density at radius 1 is 1.30 bits per heavy atom. The number of nitrogen functional groups attached to an aromatic ring is 1. The van der Waals surface area contributed by atoms with Gasteiger partial charge in [0.25, 0.3) is 0 Å². The molecule has 33 heavy (non-hydrogen) atoms. The highest BCUT2D eigenvalue weighted by Crippen LogP contribution is 2.40. The van der Waals surface area contributed by atoms with Crippen molar-refractivity contribution < 1.29 is 19.0 Å². The summed E-state index contributed by atoms with van der Waals surface area (Å²) in [6, 6.07) is 3.44. The van der Waals surface area contributed by atoms with Crippen LogP contribution in [0.25, 0.3) is 21.9 Å². The summed E-state index contributed by atoms with van der Waals surface area (Å²) in [6.45, 7) is 3.02. The second-order valence-corrected chi connectivity index (χ2v) is 8.43. The Morgan fingerprint density at radius 3 is 2.82 bits per heavy atom. The quantitative estimate of drug-likeness (QED) is 0.444. The highest BCUT2D eigenvalue weighted by atomic mass is 19.1. The number of hydrogen-bond acceptors (Lipinski definition) is 7. The SMILES string of the molecule is CN[C@H]1C[C@H](N(C(=O)O)c2cc3cc(-c4cnc5c(c4C)NCCO5)c(F)c(N)c3cn2)C1. The van der Waals surface area contributed by atoms with E-state index in [0.29, 0.717) is 54.0 Å². The average molecular weight is 452 g/mol. The van der Waals surface area contributed by atoms with E-state index >= 15 is 4.39 Å². The van der Waals surface area contributed by atoms with Crippen LogP contribution in [0.4, 0.5) is 26.4 Å². The van der Waals surface area contributed by atoms with Crippen LogP contribution in [0.5, 0.6) is 5.88 Å². The molecule has 0 saturated heterocycles. The van der Waals surface area contributed by atoms with Gasteiger partial charge in [-0.05, 0) is 49.9 Å². The summed E-state index contributed by atoms with van der Waals surface area (Å²) in [5, 5.41) is 17.3. The number of halogens is 1. The second-order valence-electron chi connectivity index (χ2n) is 8.43. The predicted octanol–water partition coefficient (Wildman–Crippen LogP) is 3.37. The Labute approximate surface area is 189 Å². The molecule has 0 spiro atoms. The van der Waals surface area contributed by atoms with Gasteiger partial charge >= 0.3 is 6.09 Å². The molecule has 1 aliphatic carbocycles. The molecule has 2 aromatic heterocycles. The monoisotopic (exact) mass is 452 g/mol. The third-order valence-corrected chi connectivity index (χ3v) is 6.56. The maximum atomic E-state index is 15.3. The van der Waals surface area contributed by atoms with Gasteiger partial charge in [0.1, 0.15) is 18.1 Å². The number of amides is 1. The van der Waals surface area contributed by atoms with E-state index in [0.717, 1.165) is 11.3 Å². The summed E-state index contributed by atoms with van der Waals surface area (Å²) in [7, 11) is 1.86. The van der Waals surface area contributed by atoms with Crippen LogP contribution in [0.1, 0.15) is 18.4 Å². The van der Waals surface area contributed by atoms with Crippen molar-refractivity contribution in [1.29, 1.82) is 0 Å². The van der Waals surface area contributed by atoms with Gasteiger partial charge in [0, 0.05) is 47.5 Å². The Balaban J connectivity index is 1.61. The molecule has 0 atom stereocenters. The molecule has 9 nitrogen and oxygen atoms in total. The molecule has 5 rings (SSSR count). The minimum Gasteiger partial charge on any atom is -0.474 e. The first-order chi connectivity index (χ1) is 15.9. The van der Waals surface area contributed by atoms with Gasteiger partial charge < -0.3 is 26.2 Å². The number of hydrogen-bond donors (Lipinski definition) is 4. The van der Waals surface area contributed by atoms with Crippen molar-refractivity contribution in [2.24, 2.45) is 0 Å². The first-order valence-electron chi connectivity index (χ1n) is 10.8. The zero-order valence-corrected chi connectivity index (χ0v) is 18.4. The zero-order valence-electron chi connectivity index (χ0n) is 18.4. The van der Waals surface area contributed by atoms with Gasteiger partial charge in [-0.1, -0.05) is 0 Å². The standard InChI is InChI=1S/C23H25FN6O3/c1-11-16(9-29-22-21(11)27-3-4-33-22)15-5-12-6-18(28-10-17(12)20(25)19(15)24)30(23(31)32)14-7-13(8-14)26-2/h5-6,9-10,13-14,26-27H,3-4,7-8,25H2,1-2H3,(H,31,32)/t13-,14-. The molecule has 1 aromatic carbocycles. The molecule has 1 amide bonds. The number of pyridine rings is 2. The van der Waals surface area contributed by atoms with Gasteiger partial charge in [0.2, 0.25) is 5.88 Å². The number of anilines is 3. The van der Waals surface area contributed by atoms with E-state index in [2.05, 4.69) is 20.6 Å². The number of nitrogens with one attached hydrogen (secondary N) is 2. The van der Waals surface area contributed by atoms with E-state index in [1.807, 2.05) is 14.0 Å². The van der Waals surface area contributed by atoms with Crippen LogP contribution in [-0.4, -0.2) is 53.5 Å². The smallest absolute Gasteiger partial charge is 0.413 e. The van der Waals surface area contributed by atoms with Crippen molar-refractivity contribution in [3.63, 3.8) is 0 Å². The molecule has 0 bridgehead atoms. The summed E-state index contributed by atoms with van der Waals surface area (Å²) in [5.41, 5.74) is 8.51. The summed E-state index contributed by atoms with van der Waals surface area (Å²) in [6.07, 6.45) is 3.34. The Hall–Kier alpha value is -3.66. The van der Waals surface area contributed by atoms with Crippen molar-refractivity contribution >= 4 is 34.1 Å². The van der Waals surface area contributed by atoms with E-state index in [-0.39, 0.29) is 23.3 Å². The van der Waals surface area contributed by atoms with Crippen molar-refractivity contribution in [2.75, 3.05) is 36.1 Å². The molecule has 0 unspecified atom stereocenters. The fourth-order valence-electron chi connectivity index (χ4n) is 4.58. The number of benzene rings is 1. The summed E-state index contributed by atoms with van der Waals surface area (Å²) >= 11 is 0. The fraction of sp³-hybridized carbons (Fsp3) is 0.348. The lowest BCUT2D eigenvalue weighted by atomic mass is 9.85. The number of carbonyl (C=O) groups is 1. The van der Waals surface area contributed by atoms with Crippen LogP contribution in [0.3, 0.4) is 0 Å². The molecule has 5 N–H and O–H groups in total. The number of rotatable bonds is 4. The molecule has 3 aromatic rings. The molecule has 0 radical (unpaired) electrons. The number of carboxylic acid groups (broad SMARTS) is 1. The van der Waals surface area contributed by atoms with Crippen LogP contribution in [0, 0.1) is 12.7 Å². The van der Waals surface area contributed by atoms with E-state index < -0.39 is 11.9 Å². The Bertz CT molecular complexity index is 1260. The second kappa shape index (κ2) is 8.04. The minimum absolute atomic E-state index is 0.0383. The number of ether oxygens (including phenoxy) is 1. The van der Waals surface area contributed by atoms with Crippen molar-refractivity contribution in [2.45, 2.75) is 31.8 Å². The molecule has 10 heteroatoms. The first kappa shape index (κ1) is 21.2. The molecule has 1 saturated carbocycles. The molecule has 172 valence electrons. The number of aromatic nitrogens is 2. The normalized spacial score (nSPS) is 19.2. The van der Waals surface area contributed by atoms with Gasteiger partial charge in [0.05, 0.1) is 5.69 Å². The van der Waals surface area contributed by atoms with Gasteiger partial charge in [0.15, 0.2) is 5.82 Å². The lowest BCUT2D eigenvalue weighted by molar-refractivity contribution is 0.188. The number of nitrogens with two attached hydrogens (primary N) is 1.